The van der Waals surface area contributed by atoms with E-state index in [1.165, 1.54) is 63.8 Å². The number of carbonyl (C=O) groups is 11. The Labute approximate surface area is 626 Å². The Balaban J connectivity index is 0.967. The van der Waals surface area contributed by atoms with Crippen LogP contribution in [0.2, 0.25) is 0 Å². The van der Waals surface area contributed by atoms with Gasteiger partial charge in [-0.1, -0.05) is 107 Å². The maximum Gasteiger partial charge on any atom is 0.408 e. The van der Waals surface area contributed by atoms with E-state index in [2.05, 4.69) is 36.9 Å². The summed E-state index contributed by atoms with van der Waals surface area (Å²) >= 11 is 0. The number of carbonyl (C=O) groups excluding carboxylic acids is 11. The minimum Gasteiger partial charge on any atom is -0.456 e. The number of nitrogens with two attached hydrogens (primary N) is 3. The number of hydrogen-bond donors (Lipinski definition) is 14. The van der Waals surface area contributed by atoms with Gasteiger partial charge in [-0.15, -0.1) is 0 Å². The van der Waals surface area contributed by atoms with Gasteiger partial charge in [-0.3, -0.25) is 43.3 Å². The van der Waals surface area contributed by atoms with Gasteiger partial charge in [-0.25, -0.2) is 14.4 Å². The van der Waals surface area contributed by atoms with E-state index in [4.69, 9.17) is 40.9 Å². The van der Waals surface area contributed by atoms with Crippen LogP contribution in [-0.4, -0.2) is 225 Å². The van der Waals surface area contributed by atoms with Gasteiger partial charge in [0.1, 0.15) is 48.1 Å². The van der Waals surface area contributed by atoms with Crippen LogP contribution in [0.5, 0.6) is 0 Å². The summed E-state index contributed by atoms with van der Waals surface area (Å²) in [5, 5.41) is 75.5. The number of alkyl carbamates (subject to hydrolysis) is 1. The molecule has 3 aromatic rings. The maximum absolute atomic E-state index is 16.3. The van der Waals surface area contributed by atoms with Crippen molar-refractivity contribution in [3.05, 3.63) is 119 Å². The number of fused-ring (bicyclic) bond motifs is 5. The molecular formula is C76H105N11O21. The summed E-state index contributed by atoms with van der Waals surface area (Å²) in [6.45, 7) is 10.9. The maximum atomic E-state index is 16.3. The molecule has 0 aromatic heterocycles. The summed E-state index contributed by atoms with van der Waals surface area (Å²) < 4.78 is 31.2. The number of aliphatic hydroxyl groups excluding tert-OH is 4. The highest BCUT2D eigenvalue weighted by Gasteiger charge is 2.78. The average Bonchev–Trinajstić information content (AvgIpc) is 0.676. The lowest BCUT2D eigenvalue weighted by molar-refractivity contribution is -0.345. The quantitative estimate of drug-likeness (QED) is 0.0100. The summed E-state index contributed by atoms with van der Waals surface area (Å²) in [5.74, 6) is -10.4. The lowest BCUT2D eigenvalue weighted by atomic mass is 9.44. The number of likely N-dealkylation sites (tertiary alicyclic amines) is 1. The van der Waals surface area contributed by atoms with Gasteiger partial charge in [-0.2, -0.15) is 0 Å². The van der Waals surface area contributed by atoms with Crippen LogP contribution in [0.15, 0.2) is 107 Å². The zero-order chi connectivity index (χ0) is 79.2. The van der Waals surface area contributed by atoms with Gasteiger partial charge in [0.05, 0.1) is 54.4 Å². The number of nitrogens with zero attached hydrogens (tertiary/aromatic N) is 2. The van der Waals surface area contributed by atoms with Gasteiger partial charge < -0.3 is 103 Å². The average molecular weight is 1510 g/mol. The number of esters is 3. The first-order valence-electron chi connectivity index (χ1n) is 36.7. The number of aliphatic imine (C=N–C) groups is 1. The summed E-state index contributed by atoms with van der Waals surface area (Å²) in [7, 11) is 0. The molecule has 108 heavy (non-hydrogen) atoms. The number of benzene rings is 3. The van der Waals surface area contributed by atoms with Gasteiger partial charge in [-0.05, 0) is 113 Å². The first-order valence-corrected chi connectivity index (χ1v) is 36.7. The summed E-state index contributed by atoms with van der Waals surface area (Å²) in [6, 6.07) is 16.0. The van der Waals surface area contributed by atoms with Crippen molar-refractivity contribution >= 4 is 71.2 Å². The number of Topliss-reactive ketones (excluding diaryl/α,β-unsaturated/α-hetero) is 1. The number of hydrogen-bond acceptors (Lipinski definition) is 23. The molecule has 17 N–H and O–H groups in total. The summed E-state index contributed by atoms with van der Waals surface area (Å²) in [5.41, 5.74) is 8.98. The van der Waals surface area contributed by atoms with E-state index in [9.17, 15) is 73.5 Å². The smallest absolute Gasteiger partial charge is 0.408 e. The predicted molar refractivity (Wildman–Crippen MR) is 389 cm³/mol. The van der Waals surface area contributed by atoms with Crippen molar-refractivity contribution in [2.75, 3.05) is 39.4 Å². The van der Waals surface area contributed by atoms with E-state index >= 15 is 4.79 Å². The SMILES string of the molecule is CC(=O)O[C@@]12CO[C@@H]1C[C@H](O)[C@@]1(C)C(=O)[C@H](OC(=O)NCCCCCCNC(=O)C(CO)NC(=O)C(CCCN=C(N)N)NC(=O)C3CCCN3C(=O)C(NC(=O)C(N)CC(C)C)C(C)O)C3=C(C)[C@@H](OC(=O)[C@H](O)[C@@H](NC(=O)c4ccccc4)c4ccccc4)C[C@@](O)([C@@H](OC(=O)c4ccccc4)[C@H]21)C3(C)C. The van der Waals surface area contributed by atoms with Crippen LogP contribution in [0.3, 0.4) is 0 Å². The third kappa shape index (κ3) is 19.0. The Morgan fingerprint density at radius 2 is 1.38 bits per heavy atom. The molecular weight excluding hydrogens is 1400 g/mol. The Kier molecular flexibility index (Phi) is 28.6. The van der Waals surface area contributed by atoms with Gasteiger partial charge in [0.15, 0.2) is 29.6 Å². The van der Waals surface area contributed by atoms with Crippen LogP contribution in [0.1, 0.15) is 158 Å². The molecule has 17 atom stereocenters. The second-order valence-corrected chi connectivity index (χ2v) is 29.7. The highest BCUT2D eigenvalue weighted by molar-refractivity contribution is 5.98. The fourth-order valence-electron chi connectivity index (χ4n) is 15.5. The number of unbranched alkanes of at least 4 members (excludes halogenated alkanes) is 3. The predicted octanol–water partition coefficient (Wildman–Crippen LogP) is 0.821. The van der Waals surface area contributed by atoms with E-state index < -0.39 is 192 Å². The molecule has 0 spiro atoms. The van der Waals surface area contributed by atoms with Crippen LogP contribution in [0.25, 0.3) is 0 Å². The molecule has 3 aliphatic carbocycles. The standard InChI is InChI=1S/C76H105N11O21/c1-41(2)36-48(77)64(95)85-56(43(4)89)68(99)87-35-23-31-51(87)67(98)83-49(30-22-34-81-71(78)79)66(97)84-50(39-88)65(96)80-32-20-9-10-21-33-82-72(102)106-59-55-42(3)52(105-70(101)58(92)57(45-24-14-11-15-25-45)86-63(94)46-26-16-12-17-27-46)38-76(103,73(55,6)7)62(107-69(100)47-28-18-13-19-29-47)60-74(8,61(59)93)53(91)37-54-75(60,40-104-54)108-44(5)90/h11-19,24-29,41,43,48-54,56-60,62,88-89,91-92,103H,9-10,20-23,30-40,77H2,1-8H3,(H,80,96)(H,82,102)(H,83,98)(H,84,97)(H,85,95)(H,86,94)(H4,78,79,81)/t43?,48?,49?,50?,51?,52-,53-,54+,56?,57-,58+,59+,60-,62-,74+,75-,76+/m0/s1. The summed E-state index contributed by atoms with van der Waals surface area (Å²) in [4.78, 5) is 161. The van der Waals surface area contributed by atoms with Crippen molar-refractivity contribution in [3.8, 4) is 0 Å². The molecule has 32 nitrogen and oxygen atoms in total. The van der Waals surface area contributed by atoms with E-state index in [1.54, 1.807) is 66.7 Å². The van der Waals surface area contributed by atoms with E-state index in [0.717, 1.165) is 6.92 Å². The topological polar surface area (TPSA) is 501 Å². The lowest BCUT2D eigenvalue weighted by Crippen LogP contribution is -2.82. The Bertz CT molecular complexity index is 3790. The number of ether oxygens (including phenoxy) is 5. The molecule has 7 amide bonds. The molecule has 2 aliphatic heterocycles. The monoisotopic (exact) mass is 1510 g/mol. The van der Waals surface area contributed by atoms with Gasteiger partial charge in [0.25, 0.3) is 5.91 Å². The molecule has 2 heterocycles. The van der Waals surface area contributed by atoms with E-state index in [0.29, 0.717) is 44.1 Å². The molecule has 590 valence electrons. The number of rotatable bonds is 33. The Morgan fingerprint density at radius 3 is 1.96 bits per heavy atom. The molecule has 2 saturated carbocycles. The Morgan fingerprint density at radius 1 is 0.759 bits per heavy atom. The van der Waals surface area contributed by atoms with Crippen LogP contribution in [-0.2, 0) is 62.0 Å². The second-order valence-electron chi connectivity index (χ2n) is 29.7. The van der Waals surface area contributed by atoms with Crippen molar-refractivity contribution in [2.24, 2.45) is 44.9 Å². The molecule has 3 aromatic carbocycles. The van der Waals surface area contributed by atoms with Gasteiger partial charge >= 0.3 is 24.0 Å². The molecule has 6 unspecified atom stereocenters. The van der Waals surface area contributed by atoms with Crippen LogP contribution < -0.4 is 49.1 Å². The van der Waals surface area contributed by atoms with E-state index in [-0.39, 0.29) is 86.0 Å². The minimum absolute atomic E-state index is 0.00107. The van der Waals surface area contributed by atoms with Crippen molar-refractivity contribution < 1.29 is 102 Å². The van der Waals surface area contributed by atoms with Crippen molar-refractivity contribution in [1.82, 2.24) is 36.8 Å². The van der Waals surface area contributed by atoms with Gasteiger partial charge in [0, 0.05) is 56.9 Å². The first-order chi connectivity index (χ1) is 51.1. The van der Waals surface area contributed by atoms with Crippen molar-refractivity contribution in [1.29, 1.82) is 0 Å². The first kappa shape index (κ1) is 84.2. The third-order valence-corrected chi connectivity index (χ3v) is 21.4. The molecule has 5 aliphatic rings. The fourth-order valence-corrected chi connectivity index (χ4v) is 15.5. The second kappa shape index (κ2) is 36.6. The largest absolute Gasteiger partial charge is 0.456 e. The zero-order valence-corrected chi connectivity index (χ0v) is 62.2. The highest BCUT2D eigenvalue weighted by Crippen LogP contribution is 2.64. The zero-order valence-electron chi connectivity index (χ0n) is 62.2. The number of ketones is 1. The highest BCUT2D eigenvalue weighted by atomic mass is 16.6. The van der Waals surface area contributed by atoms with Crippen LogP contribution in [0.4, 0.5) is 4.79 Å². The molecule has 8 rings (SSSR count). The number of guanidine groups is 1. The van der Waals surface area contributed by atoms with Gasteiger partial charge in [0.2, 0.25) is 29.5 Å². The third-order valence-electron chi connectivity index (χ3n) is 21.4. The molecule has 0 radical (unpaired) electrons. The van der Waals surface area contributed by atoms with Crippen molar-refractivity contribution in [3.63, 3.8) is 0 Å². The summed E-state index contributed by atoms with van der Waals surface area (Å²) in [6.07, 6.45) is -11.6. The lowest BCUT2D eigenvalue weighted by Gasteiger charge is -2.67. The number of aliphatic hydroxyl groups is 5. The van der Waals surface area contributed by atoms with Crippen LogP contribution >= 0.6 is 0 Å². The molecule has 2 bridgehead atoms. The fraction of sp³-hybridized carbons (Fsp3) is 0.579. The molecule has 2 saturated heterocycles. The molecule has 32 heteroatoms. The number of amides is 7. The van der Waals surface area contributed by atoms with Crippen molar-refractivity contribution in [2.45, 2.75) is 216 Å². The molecule has 4 fully saturated rings. The van der Waals surface area contributed by atoms with Crippen LogP contribution in [0, 0.1) is 22.7 Å². The Hall–Kier alpha value is -9.44. The normalized spacial score (nSPS) is 26.0. The van der Waals surface area contributed by atoms with E-state index in [1.807, 2.05) is 13.8 Å². The number of nitrogens with one attached hydrogen (secondary N) is 6. The minimum atomic E-state index is -2.55.